The molecule has 1 aliphatic carbocycles. The van der Waals surface area contributed by atoms with Gasteiger partial charge in [-0.3, -0.25) is 0 Å². The number of halogens is 1. The number of allylic oxidation sites excluding steroid dienone is 2. The van der Waals surface area contributed by atoms with Crippen LogP contribution in [0.25, 0.3) is 0 Å². The van der Waals surface area contributed by atoms with Gasteiger partial charge in [-0.2, -0.15) is 0 Å². The van der Waals surface area contributed by atoms with Gasteiger partial charge in [-0.25, -0.2) is 13.6 Å². The van der Waals surface area contributed by atoms with Crippen molar-refractivity contribution in [3.05, 3.63) is 69.3 Å². The van der Waals surface area contributed by atoms with Crippen LogP contribution in [0.4, 0.5) is 5.69 Å². The van der Waals surface area contributed by atoms with Crippen molar-refractivity contribution >= 4 is 38.3 Å². The predicted molar refractivity (Wildman–Crippen MR) is 103 cm³/mol. The van der Waals surface area contributed by atoms with Crippen LogP contribution >= 0.6 is 22.6 Å². The third-order valence-electron chi connectivity index (χ3n) is 4.89. The van der Waals surface area contributed by atoms with Crippen molar-refractivity contribution < 1.29 is 8.42 Å². The average molecular weight is 452 g/mol. The SMILES string of the molecule is NS(=O)(=O)c1ccc2c(c1)[C@H]1C=CC[C@H]1[C@@H](c1ccc(I)cc1)N2. The summed E-state index contributed by atoms with van der Waals surface area (Å²) in [4.78, 5) is 0.176. The first-order valence-corrected chi connectivity index (χ1v) is 10.4. The number of fused-ring (bicyclic) bond motifs is 3. The Morgan fingerprint density at radius 1 is 1.12 bits per heavy atom. The minimum absolute atomic E-state index is 0.176. The van der Waals surface area contributed by atoms with E-state index in [4.69, 9.17) is 5.14 Å². The Balaban J connectivity index is 1.79. The van der Waals surface area contributed by atoms with E-state index in [2.05, 4.69) is 64.3 Å². The highest BCUT2D eigenvalue weighted by molar-refractivity contribution is 14.1. The lowest BCUT2D eigenvalue weighted by Crippen LogP contribution is -2.29. The second kappa shape index (κ2) is 5.86. The summed E-state index contributed by atoms with van der Waals surface area (Å²) in [7, 11) is -3.69. The molecule has 3 atom stereocenters. The number of hydrogen-bond acceptors (Lipinski definition) is 3. The van der Waals surface area contributed by atoms with Crippen molar-refractivity contribution in [2.24, 2.45) is 11.1 Å². The Morgan fingerprint density at radius 3 is 2.58 bits per heavy atom. The fraction of sp³-hybridized carbons (Fsp3) is 0.222. The first kappa shape index (κ1) is 16.1. The van der Waals surface area contributed by atoms with Gasteiger partial charge in [-0.05, 0) is 76.4 Å². The summed E-state index contributed by atoms with van der Waals surface area (Å²) in [6.07, 6.45) is 5.36. The molecule has 0 unspecified atom stereocenters. The van der Waals surface area contributed by atoms with Gasteiger partial charge in [0.1, 0.15) is 0 Å². The summed E-state index contributed by atoms with van der Waals surface area (Å²) in [5, 5.41) is 8.90. The fourth-order valence-electron chi connectivity index (χ4n) is 3.75. The summed E-state index contributed by atoms with van der Waals surface area (Å²) < 4.78 is 24.5. The summed E-state index contributed by atoms with van der Waals surface area (Å²) in [6, 6.07) is 13.9. The van der Waals surface area contributed by atoms with Crippen LogP contribution in [0.1, 0.15) is 29.5 Å². The zero-order chi connectivity index (χ0) is 16.9. The molecule has 0 aromatic heterocycles. The highest BCUT2D eigenvalue weighted by Crippen LogP contribution is 2.50. The number of benzene rings is 2. The zero-order valence-electron chi connectivity index (χ0n) is 12.8. The molecule has 124 valence electrons. The van der Waals surface area contributed by atoms with Crippen LogP contribution in [0, 0.1) is 9.49 Å². The maximum Gasteiger partial charge on any atom is 0.238 e. The first-order chi connectivity index (χ1) is 11.4. The minimum atomic E-state index is -3.69. The molecule has 2 aromatic carbocycles. The summed E-state index contributed by atoms with van der Waals surface area (Å²) in [6.45, 7) is 0. The number of rotatable bonds is 2. The molecule has 2 aromatic rings. The number of anilines is 1. The number of primary sulfonamides is 1. The molecule has 4 nitrogen and oxygen atoms in total. The van der Waals surface area contributed by atoms with Crippen molar-refractivity contribution in [1.29, 1.82) is 0 Å². The molecule has 0 fully saturated rings. The van der Waals surface area contributed by atoms with E-state index in [-0.39, 0.29) is 16.9 Å². The molecule has 0 amide bonds. The van der Waals surface area contributed by atoms with Gasteiger partial charge >= 0.3 is 0 Å². The molecule has 3 N–H and O–H groups in total. The highest BCUT2D eigenvalue weighted by Gasteiger charge is 2.38. The Hall–Kier alpha value is -1.38. The van der Waals surface area contributed by atoms with Gasteiger partial charge in [0.15, 0.2) is 0 Å². The van der Waals surface area contributed by atoms with Crippen molar-refractivity contribution in [3.63, 3.8) is 0 Å². The molecule has 0 bridgehead atoms. The van der Waals surface area contributed by atoms with E-state index in [1.165, 1.54) is 9.13 Å². The highest BCUT2D eigenvalue weighted by atomic mass is 127. The van der Waals surface area contributed by atoms with Crippen LogP contribution in [0.3, 0.4) is 0 Å². The minimum Gasteiger partial charge on any atom is -0.378 e. The lowest BCUT2D eigenvalue weighted by molar-refractivity contribution is 0.425. The van der Waals surface area contributed by atoms with Crippen molar-refractivity contribution in [2.75, 3.05) is 5.32 Å². The second-order valence-electron chi connectivity index (χ2n) is 6.32. The van der Waals surface area contributed by atoms with Crippen LogP contribution in [0.5, 0.6) is 0 Å². The zero-order valence-corrected chi connectivity index (χ0v) is 15.8. The molecule has 2 aliphatic rings. The van der Waals surface area contributed by atoms with Crippen LogP contribution in [0.15, 0.2) is 59.5 Å². The Kier molecular flexibility index (Phi) is 3.93. The standard InChI is InChI=1S/C18H17IN2O2S/c19-12-6-4-11(5-7-12)18-15-3-1-2-14(15)16-10-13(24(20,22)23)8-9-17(16)21-18/h1-2,4-10,14-15,18,21H,3H2,(H2,20,22,23)/t14-,15+,18+/m0/s1. The molecule has 0 radical (unpaired) electrons. The van der Waals surface area contributed by atoms with E-state index in [0.29, 0.717) is 5.92 Å². The van der Waals surface area contributed by atoms with Gasteiger partial charge in [-0.15, -0.1) is 0 Å². The van der Waals surface area contributed by atoms with Crippen LogP contribution in [-0.2, 0) is 10.0 Å². The molecule has 0 saturated heterocycles. The molecular weight excluding hydrogens is 435 g/mol. The number of hydrogen-bond donors (Lipinski definition) is 2. The lowest BCUT2D eigenvalue weighted by atomic mass is 9.77. The number of sulfonamides is 1. The van der Waals surface area contributed by atoms with E-state index in [1.54, 1.807) is 12.1 Å². The Labute approximate surface area is 155 Å². The molecule has 1 aliphatic heterocycles. The van der Waals surface area contributed by atoms with Gasteiger partial charge in [0.05, 0.1) is 10.9 Å². The first-order valence-electron chi connectivity index (χ1n) is 7.79. The predicted octanol–water partition coefficient (Wildman–Crippen LogP) is 3.77. The number of nitrogens with one attached hydrogen (secondary N) is 1. The second-order valence-corrected chi connectivity index (χ2v) is 9.13. The molecule has 6 heteroatoms. The smallest absolute Gasteiger partial charge is 0.238 e. The Bertz CT molecular complexity index is 923. The van der Waals surface area contributed by atoms with Crippen molar-refractivity contribution in [1.82, 2.24) is 0 Å². The normalized spacial score (nSPS) is 25.0. The van der Waals surface area contributed by atoms with E-state index in [0.717, 1.165) is 17.7 Å². The van der Waals surface area contributed by atoms with Gasteiger partial charge in [-0.1, -0.05) is 24.3 Å². The summed E-state index contributed by atoms with van der Waals surface area (Å²) in [5.41, 5.74) is 3.26. The lowest BCUT2D eigenvalue weighted by Gasteiger charge is -2.37. The van der Waals surface area contributed by atoms with E-state index < -0.39 is 10.0 Å². The molecule has 24 heavy (non-hydrogen) atoms. The third-order valence-corrected chi connectivity index (χ3v) is 6.52. The molecule has 1 heterocycles. The fourth-order valence-corrected chi connectivity index (χ4v) is 4.66. The third kappa shape index (κ3) is 2.76. The van der Waals surface area contributed by atoms with Crippen LogP contribution in [-0.4, -0.2) is 8.42 Å². The van der Waals surface area contributed by atoms with Gasteiger partial charge in [0, 0.05) is 15.2 Å². The quantitative estimate of drug-likeness (QED) is 0.539. The average Bonchev–Trinajstić information content (AvgIpc) is 3.03. The van der Waals surface area contributed by atoms with E-state index in [1.807, 2.05) is 6.07 Å². The molecule has 0 spiro atoms. The van der Waals surface area contributed by atoms with Crippen LogP contribution < -0.4 is 10.5 Å². The summed E-state index contributed by atoms with van der Waals surface area (Å²) >= 11 is 2.31. The van der Waals surface area contributed by atoms with E-state index in [9.17, 15) is 8.42 Å². The monoisotopic (exact) mass is 452 g/mol. The maximum atomic E-state index is 11.7. The molecular formula is C18H17IN2O2S. The largest absolute Gasteiger partial charge is 0.378 e. The van der Waals surface area contributed by atoms with Gasteiger partial charge in [0.25, 0.3) is 0 Å². The molecule has 0 saturated carbocycles. The summed E-state index contributed by atoms with van der Waals surface area (Å²) in [5.74, 6) is 0.598. The van der Waals surface area contributed by atoms with Crippen molar-refractivity contribution in [2.45, 2.75) is 23.3 Å². The van der Waals surface area contributed by atoms with Crippen molar-refractivity contribution in [3.8, 4) is 0 Å². The maximum absolute atomic E-state index is 11.7. The topological polar surface area (TPSA) is 72.2 Å². The van der Waals surface area contributed by atoms with Crippen LogP contribution in [0.2, 0.25) is 0 Å². The van der Waals surface area contributed by atoms with Gasteiger partial charge in [0.2, 0.25) is 10.0 Å². The van der Waals surface area contributed by atoms with Gasteiger partial charge < -0.3 is 5.32 Å². The molecule has 4 rings (SSSR count). The number of nitrogens with two attached hydrogens (primary N) is 1. The Morgan fingerprint density at radius 2 is 1.88 bits per heavy atom. The van der Waals surface area contributed by atoms with E-state index >= 15 is 0 Å².